The van der Waals surface area contributed by atoms with Crippen molar-refractivity contribution < 1.29 is 0 Å². The van der Waals surface area contributed by atoms with Crippen LogP contribution in [0.5, 0.6) is 0 Å². The molecule has 0 aliphatic carbocycles. The third kappa shape index (κ3) is 3.93. The predicted octanol–water partition coefficient (Wildman–Crippen LogP) is 4.47. The Labute approximate surface area is 133 Å². The molecule has 0 bridgehead atoms. The van der Waals surface area contributed by atoms with Crippen LogP contribution in [0.4, 0.5) is 0 Å². The van der Waals surface area contributed by atoms with E-state index in [-0.39, 0.29) is 5.41 Å². The smallest absolute Gasteiger partial charge is 0.0946 e. The average molecular weight is 356 g/mol. The van der Waals surface area contributed by atoms with Crippen LogP contribution < -0.4 is 5.32 Å². The van der Waals surface area contributed by atoms with E-state index in [2.05, 4.69) is 69.9 Å². The van der Waals surface area contributed by atoms with Crippen LogP contribution in [-0.2, 0) is 6.54 Å². The Kier molecular flexibility index (Phi) is 5.04. The van der Waals surface area contributed by atoms with E-state index in [0.717, 1.165) is 6.54 Å². The second-order valence-corrected chi connectivity index (χ2v) is 8.00. The summed E-state index contributed by atoms with van der Waals surface area (Å²) in [5.74, 6) is 0. The predicted molar refractivity (Wildman–Crippen MR) is 89.0 cm³/mol. The zero-order valence-corrected chi connectivity index (χ0v) is 14.8. The zero-order chi connectivity index (χ0) is 14.8. The Morgan fingerprint density at radius 1 is 1.45 bits per heavy atom. The quantitative estimate of drug-likeness (QED) is 0.857. The fourth-order valence-corrected chi connectivity index (χ4v) is 3.91. The lowest BCUT2D eigenvalue weighted by molar-refractivity contribution is 0.226. The van der Waals surface area contributed by atoms with Crippen LogP contribution in [0.1, 0.15) is 38.6 Å². The third-order valence-corrected chi connectivity index (χ3v) is 5.54. The first-order chi connectivity index (χ1) is 9.38. The number of thiophene rings is 1. The molecule has 2 aromatic heterocycles. The topological polar surface area (TPSA) is 29.9 Å². The van der Waals surface area contributed by atoms with Crippen molar-refractivity contribution in [3.05, 3.63) is 39.5 Å². The van der Waals surface area contributed by atoms with Gasteiger partial charge in [0.05, 0.1) is 6.33 Å². The molecule has 20 heavy (non-hydrogen) atoms. The normalized spacial score (nSPS) is 15.2. The second kappa shape index (κ2) is 6.41. The largest absolute Gasteiger partial charge is 0.336 e. The maximum absolute atomic E-state index is 4.13. The van der Waals surface area contributed by atoms with Crippen LogP contribution in [0.15, 0.2) is 34.6 Å². The molecule has 2 heterocycles. The summed E-state index contributed by atoms with van der Waals surface area (Å²) in [6.45, 7) is 9.98. The van der Waals surface area contributed by atoms with Crippen molar-refractivity contribution in [3.63, 3.8) is 0 Å². The van der Waals surface area contributed by atoms with Crippen molar-refractivity contribution in [2.45, 2.75) is 46.3 Å². The molecule has 0 saturated carbocycles. The van der Waals surface area contributed by atoms with Gasteiger partial charge in [0.25, 0.3) is 0 Å². The summed E-state index contributed by atoms with van der Waals surface area (Å²) in [6.07, 6.45) is 5.73. The number of nitrogens with one attached hydrogen (secondary N) is 1. The number of hydrogen-bond acceptors (Lipinski definition) is 3. The van der Waals surface area contributed by atoms with Gasteiger partial charge in [-0.05, 0) is 39.7 Å². The summed E-state index contributed by atoms with van der Waals surface area (Å²) >= 11 is 5.41. The summed E-state index contributed by atoms with van der Waals surface area (Å²) < 4.78 is 3.33. The molecule has 0 saturated heterocycles. The minimum absolute atomic E-state index is 0.183. The van der Waals surface area contributed by atoms with E-state index in [1.807, 2.05) is 18.7 Å². The van der Waals surface area contributed by atoms with Gasteiger partial charge >= 0.3 is 0 Å². The maximum atomic E-state index is 4.13. The Morgan fingerprint density at radius 2 is 2.20 bits per heavy atom. The van der Waals surface area contributed by atoms with Crippen LogP contribution in [0.3, 0.4) is 0 Å². The lowest BCUT2D eigenvalue weighted by Crippen LogP contribution is -2.44. The van der Waals surface area contributed by atoms with Gasteiger partial charge in [-0.15, -0.1) is 11.3 Å². The maximum Gasteiger partial charge on any atom is 0.0946 e. The molecule has 1 N–H and O–H groups in total. The van der Waals surface area contributed by atoms with Crippen molar-refractivity contribution in [2.24, 2.45) is 5.41 Å². The highest BCUT2D eigenvalue weighted by atomic mass is 79.9. The Bertz CT molecular complexity index is 528. The highest BCUT2D eigenvalue weighted by Gasteiger charge is 2.27. The molecular formula is C15H22BrN3S. The lowest BCUT2D eigenvalue weighted by Gasteiger charge is -2.34. The fraction of sp³-hybridized carbons (Fsp3) is 0.533. The van der Waals surface area contributed by atoms with Gasteiger partial charge in [-0.3, -0.25) is 0 Å². The number of aromatic nitrogens is 2. The minimum Gasteiger partial charge on any atom is -0.336 e. The molecule has 2 unspecified atom stereocenters. The zero-order valence-electron chi connectivity index (χ0n) is 12.4. The molecule has 2 aromatic rings. The van der Waals surface area contributed by atoms with Gasteiger partial charge in [-0.1, -0.05) is 20.8 Å². The molecular weight excluding hydrogens is 334 g/mol. The first-order valence-corrected chi connectivity index (χ1v) is 8.50. The summed E-state index contributed by atoms with van der Waals surface area (Å²) in [5, 5.41) is 5.89. The monoisotopic (exact) mass is 355 g/mol. The summed E-state index contributed by atoms with van der Waals surface area (Å²) in [6, 6.07) is 2.82. The van der Waals surface area contributed by atoms with Crippen LogP contribution in [0, 0.1) is 5.41 Å². The van der Waals surface area contributed by atoms with Gasteiger partial charge < -0.3 is 9.88 Å². The molecule has 0 aliphatic heterocycles. The van der Waals surface area contributed by atoms with Crippen molar-refractivity contribution >= 4 is 27.3 Å². The van der Waals surface area contributed by atoms with Crippen molar-refractivity contribution in [2.75, 3.05) is 0 Å². The first kappa shape index (κ1) is 15.7. The Balaban J connectivity index is 2.10. The van der Waals surface area contributed by atoms with E-state index >= 15 is 0 Å². The van der Waals surface area contributed by atoms with Crippen LogP contribution in [0.2, 0.25) is 0 Å². The van der Waals surface area contributed by atoms with Gasteiger partial charge in [0.2, 0.25) is 0 Å². The second-order valence-electron chi connectivity index (χ2n) is 6.20. The molecule has 0 spiro atoms. The molecule has 0 amide bonds. The molecule has 0 aromatic carbocycles. The molecule has 3 nitrogen and oxygen atoms in total. The minimum atomic E-state index is 0.183. The Hall–Kier alpha value is -0.650. The van der Waals surface area contributed by atoms with Gasteiger partial charge in [-0.25, -0.2) is 4.98 Å². The number of imidazole rings is 1. The SMILES string of the molecule is CC(NC(Cn1ccnc1)C(C)(C)C)c1sccc1Br. The number of halogens is 1. The van der Waals surface area contributed by atoms with Crippen LogP contribution in [-0.4, -0.2) is 15.6 Å². The van der Waals surface area contributed by atoms with Crippen molar-refractivity contribution in [1.82, 2.24) is 14.9 Å². The van der Waals surface area contributed by atoms with E-state index in [1.165, 1.54) is 9.35 Å². The van der Waals surface area contributed by atoms with Gasteiger partial charge in [0, 0.05) is 40.4 Å². The molecule has 0 aliphatic rings. The van der Waals surface area contributed by atoms with E-state index in [9.17, 15) is 0 Å². The molecule has 110 valence electrons. The summed E-state index contributed by atoms with van der Waals surface area (Å²) in [7, 11) is 0. The van der Waals surface area contributed by atoms with E-state index in [4.69, 9.17) is 0 Å². The number of nitrogens with zero attached hydrogens (tertiary/aromatic N) is 2. The van der Waals surface area contributed by atoms with Crippen molar-refractivity contribution in [1.29, 1.82) is 0 Å². The molecule has 5 heteroatoms. The van der Waals surface area contributed by atoms with E-state index < -0.39 is 0 Å². The molecule has 2 rings (SSSR count). The van der Waals surface area contributed by atoms with Crippen LogP contribution in [0.25, 0.3) is 0 Å². The lowest BCUT2D eigenvalue weighted by atomic mass is 9.86. The molecule has 0 fully saturated rings. The summed E-state index contributed by atoms with van der Waals surface area (Å²) in [4.78, 5) is 5.48. The highest BCUT2D eigenvalue weighted by Crippen LogP contribution is 2.31. The molecule has 0 radical (unpaired) electrons. The third-order valence-electron chi connectivity index (χ3n) is 3.49. The fourth-order valence-electron chi connectivity index (χ4n) is 2.17. The van der Waals surface area contributed by atoms with Gasteiger partial charge in [0.1, 0.15) is 0 Å². The van der Waals surface area contributed by atoms with Crippen molar-refractivity contribution in [3.8, 4) is 0 Å². The number of rotatable bonds is 5. The van der Waals surface area contributed by atoms with E-state index in [1.54, 1.807) is 11.3 Å². The Morgan fingerprint density at radius 3 is 2.70 bits per heavy atom. The first-order valence-electron chi connectivity index (χ1n) is 6.82. The molecule has 2 atom stereocenters. The average Bonchev–Trinajstić information content (AvgIpc) is 2.98. The van der Waals surface area contributed by atoms with Gasteiger partial charge in [0.15, 0.2) is 0 Å². The number of hydrogen-bond donors (Lipinski definition) is 1. The summed E-state index contributed by atoms with van der Waals surface area (Å²) in [5.41, 5.74) is 0.183. The van der Waals surface area contributed by atoms with Crippen LogP contribution >= 0.6 is 27.3 Å². The van der Waals surface area contributed by atoms with Gasteiger partial charge in [-0.2, -0.15) is 0 Å². The highest BCUT2D eigenvalue weighted by molar-refractivity contribution is 9.10. The van der Waals surface area contributed by atoms with E-state index in [0.29, 0.717) is 12.1 Å². The standard InChI is InChI=1S/C15H22BrN3S/c1-11(14-12(16)5-8-20-14)18-13(15(2,3)4)9-19-7-6-17-10-19/h5-8,10-11,13,18H,9H2,1-4H3.